The highest BCUT2D eigenvalue weighted by Crippen LogP contribution is 2.20. The van der Waals surface area contributed by atoms with Gasteiger partial charge in [-0.3, -0.25) is 4.79 Å². The van der Waals surface area contributed by atoms with E-state index in [1.54, 1.807) is 23.7 Å². The normalized spacial score (nSPS) is 10.6. The Morgan fingerprint density at radius 2 is 1.96 bits per heavy atom. The lowest BCUT2D eigenvalue weighted by Gasteiger charge is -2.08. The molecular formula is C18H17FN4O. The summed E-state index contributed by atoms with van der Waals surface area (Å²) in [4.78, 5) is 16.2. The van der Waals surface area contributed by atoms with Crippen LogP contribution >= 0.6 is 0 Å². The monoisotopic (exact) mass is 324 g/mol. The van der Waals surface area contributed by atoms with Gasteiger partial charge < -0.3 is 5.32 Å². The third-order valence-electron chi connectivity index (χ3n) is 3.57. The molecule has 0 saturated heterocycles. The lowest BCUT2D eigenvalue weighted by Crippen LogP contribution is -2.16. The molecular weight excluding hydrogens is 307 g/mol. The van der Waals surface area contributed by atoms with E-state index in [0.29, 0.717) is 12.1 Å². The van der Waals surface area contributed by atoms with Crippen molar-refractivity contribution in [1.82, 2.24) is 14.8 Å². The van der Waals surface area contributed by atoms with Crippen LogP contribution in [-0.4, -0.2) is 20.7 Å². The lowest BCUT2D eigenvalue weighted by atomic mass is 10.1. The van der Waals surface area contributed by atoms with Crippen molar-refractivity contribution < 1.29 is 9.18 Å². The Morgan fingerprint density at radius 1 is 1.21 bits per heavy atom. The predicted octanol–water partition coefficient (Wildman–Crippen LogP) is 3.33. The van der Waals surface area contributed by atoms with Crippen molar-refractivity contribution in [2.45, 2.75) is 20.4 Å². The Hall–Kier alpha value is -3.02. The number of hydrogen-bond donors (Lipinski definition) is 1. The van der Waals surface area contributed by atoms with Gasteiger partial charge in [0.2, 0.25) is 5.82 Å². The number of aryl methyl sites for hydroxylation is 2. The summed E-state index contributed by atoms with van der Waals surface area (Å²) in [5, 5.41) is 6.68. The number of halogens is 1. The third kappa shape index (κ3) is 3.48. The van der Waals surface area contributed by atoms with E-state index in [9.17, 15) is 9.18 Å². The maximum Gasteiger partial charge on any atom is 0.295 e. The van der Waals surface area contributed by atoms with Crippen molar-refractivity contribution >= 4 is 11.6 Å². The highest BCUT2D eigenvalue weighted by molar-refractivity contribution is 6.01. The lowest BCUT2D eigenvalue weighted by molar-refractivity contribution is 0.101. The smallest absolute Gasteiger partial charge is 0.295 e. The Morgan fingerprint density at radius 3 is 2.71 bits per heavy atom. The molecule has 122 valence electrons. The maximum absolute atomic E-state index is 14.1. The van der Waals surface area contributed by atoms with Crippen LogP contribution in [0.1, 0.15) is 27.3 Å². The summed E-state index contributed by atoms with van der Waals surface area (Å²) in [6.07, 6.45) is 1.49. The highest BCUT2D eigenvalue weighted by Gasteiger charge is 2.15. The van der Waals surface area contributed by atoms with Crippen molar-refractivity contribution in [3.05, 3.63) is 77.1 Å². The van der Waals surface area contributed by atoms with Crippen LogP contribution in [0.25, 0.3) is 0 Å². The maximum atomic E-state index is 14.1. The predicted molar refractivity (Wildman–Crippen MR) is 89.4 cm³/mol. The fourth-order valence-corrected chi connectivity index (χ4v) is 2.46. The van der Waals surface area contributed by atoms with E-state index < -0.39 is 11.7 Å². The SMILES string of the molecule is Cc1cc(C)c(F)c(NC(=O)c2ncn(Cc3ccccc3)n2)c1. The zero-order valence-corrected chi connectivity index (χ0v) is 13.5. The van der Waals surface area contributed by atoms with Gasteiger partial charge in [-0.25, -0.2) is 14.1 Å². The summed E-state index contributed by atoms with van der Waals surface area (Å²) in [6.45, 7) is 4.01. The minimum atomic E-state index is -0.536. The molecule has 1 N–H and O–H groups in total. The molecule has 1 aromatic heterocycles. The zero-order valence-electron chi connectivity index (χ0n) is 13.5. The van der Waals surface area contributed by atoms with Gasteiger partial charge in [0, 0.05) is 0 Å². The number of rotatable bonds is 4. The highest BCUT2D eigenvalue weighted by atomic mass is 19.1. The molecule has 1 heterocycles. The molecule has 0 atom stereocenters. The van der Waals surface area contributed by atoms with Crippen molar-refractivity contribution in [3.63, 3.8) is 0 Å². The van der Waals surface area contributed by atoms with Crippen LogP contribution in [0.3, 0.4) is 0 Å². The summed E-state index contributed by atoms with van der Waals surface area (Å²) in [7, 11) is 0. The van der Waals surface area contributed by atoms with Crippen LogP contribution < -0.4 is 5.32 Å². The van der Waals surface area contributed by atoms with Gasteiger partial charge >= 0.3 is 0 Å². The quantitative estimate of drug-likeness (QED) is 0.801. The van der Waals surface area contributed by atoms with Crippen molar-refractivity contribution in [1.29, 1.82) is 0 Å². The molecule has 0 fully saturated rings. The molecule has 0 radical (unpaired) electrons. The molecule has 24 heavy (non-hydrogen) atoms. The molecule has 6 heteroatoms. The Bertz CT molecular complexity index is 874. The summed E-state index contributed by atoms with van der Waals surface area (Å²) in [5.41, 5.74) is 2.53. The number of aromatic nitrogens is 3. The number of nitrogens with one attached hydrogen (secondary N) is 1. The standard InChI is InChI=1S/C18H17FN4O/c1-12-8-13(2)16(19)15(9-12)21-18(24)17-20-11-23(22-17)10-14-6-4-3-5-7-14/h3-9,11H,10H2,1-2H3,(H,21,24). The topological polar surface area (TPSA) is 59.8 Å². The van der Waals surface area contributed by atoms with Crippen LogP contribution in [0.5, 0.6) is 0 Å². The van der Waals surface area contributed by atoms with E-state index in [4.69, 9.17) is 0 Å². The molecule has 0 saturated carbocycles. The van der Waals surface area contributed by atoms with Crippen molar-refractivity contribution in [3.8, 4) is 0 Å². The molecule has 5 nitrogen and oxygen atoms in total. The zero-order chi connectivity index (χ0) is 17.1. The molecule has 0 bridgehead atoms. The van der Waals surface area contributed by atoms with Crippen LogP contribution in [0, 0.1) is 19.7 Å². The van der Waals surface area contributed by atoms with Gasteiger partial charge in [0.1, 0.15) is 12.1 Å². The van der Waals surface area contributed by atoms with E-state index in [0.717, 1.165) is 11.1 Å². The average Bonchev–Trinajstić information content (AvgIpc) is 3.01. The third-order valence-corrected chi connectivity index (χ3v) is 3.57. The van der Waals surface area contributed by atoms with Crippen LogP contribution in [0.4, 0.5) is 10.1 Å². The number of carbonyl (C=O) groups is 1. The molecule has 2 aromatic carbocycles. The summed E-state index contributed by atoms with van der Waals surface area (Å²) >= 11 is 0. The molecule has 3 aromatic rings. The van der Waals surface area contributed by atoms with E-state index in [2.05, 4.69) is 15.4 Å². The number of hydrogen-bond acceptors (Lipinski definition) is 3. The van der Waals surface area contributed by atoms with Gasteiger partial charge in [0.15, 0.2) is 0 Å². The second-order valence-electron chi connectivity index (χ2n) is 5.65. The Labute approximate surface area is 139 Å². The van der Waals surface area contributed by atoms with Gasteiger partial charge in [-0.15, -0.1) is 5.10 Å². The molecule has 0 aliphatic heterocycles. The first kappa shape index (κ1) is 15.9. The minimum absolute atomic E-state index is 0.00416. The van der Waals surface area contributed by atoms with Crippen LogP contribution in [0.2, 0.25) is 0 Å². The number of carbonyl (C=O) groups excluding carboxylic acids is 1. The molecule has 0 aliphatic rings. The molecule has 1 amide bonds. The van der Waals surface area contributed by atoms with Gasteiger partial charge in [-0.05, 0) is 36.6 Å². The van der Waals surface area contributed by atoms with E-state index in [1.165, 1.54) is 6.33 Å². The van der Waals surface area contributed by atoms with E-state index >= 15 is 0 Å². The van der Waals surface area contributed by atoms with Gasteiger partial charge in [0.25, 0.3) is 5.91 Å². The Balaban J connectivity index is 1.75. The molecule has 0 aliphatic carbocycles. The first-order chi connectivity index (χ1) is 11.5. The second-order valence-corrected chi connectivity index (χ2v) is 5.65. The van der Waals surface area contributed by atoms with Gasteiger partial charge in [-0.2, -0.15) is 0 Å². The fraction of sp³-hybridized carbons (Fsp3) is 0.167. The number of nitrogens with zero attached hydrogens (tertiary/aromatic N) is 3. The number of amides is 1. The second kappa shape index (κ2) is 6.62. The molecule has 0 unspecified atom stereocenters. The minimum Gasteiger partial charge on any atom is -0.317 e. The average molecular weight is 324 g/mol. The fourth-order valence-electron chi connectivity index (χ4n) is 2.46. The van der Waals surface area contributed by atoms with E-state index in [1.807, 2.05) is 37.3 Å². The summed E-state index contributed by atoms with van der Waals surface area (Å²) in [5.74, 6) is -0.979. The van der Waals surface area contributed by atoms with Crippen molar-refractivity contribution in [2.75, 3.05) is 5.32 Å². The van der Waals surface area contributed by atoms with Crippen LogP contribution in [0.15, 0.2) is 48.8 Å². The Kier molecular flexibility index (Phi) is 4.37. The summed E-state index contributed by atoms with van der Waals surface area (Å²) < 4.78 is 15.7. The van der Waals surface area contributed by atoms with Gasteiger partial charge in [0.05, 0.1) is 12.2 Å². The van der Waals surface area contributed by atoms with Gasteiger partial charge in [-0.1, -0.05) is 36.4 Å². The van der Waals surface area contributed by atoms with E-state index in [-0.39, 0.29) is 11.5 Å². The molecule has 0 spiro atoms. The first-order valence-corrected chi connectivity index (χ1v) is 7.54. The first-order valence-electron chi connectivity index (χ1n) is 7.54. The van der Waals surface area contributed by atoms with Crippen LogP contribution in [-0.2, 0) is 6.54 Å². The van der Waals surface area contributed by atoms with Crippen molar-refractivity contribution in [2.24, 2.45) is 0 Å². The number of benzene rings is 2. The molecule has 3 rings (SSSR count). The summed E-state index contributed by atoms with van der Waals surface area (Å²) in [6, 6.07) is 13.0. The number of anilines is 1. The largest absolute Gasteiger partial charge is 0.317 e.